The third kappa shape index (κ3) is 3.30. The normalized spacial score (nSPS) is 12.4. The van der Waals surface area contributed by atoms with Gasteiger partial charge in [-0.3, -0.25) is 4.79 Å². The quantitative estimate of drug-likeness (QED) is 0.716. The van der Waals surface area contributed by atoms with Gasteiger partial charge in [0.25, 0.3) is 0 Å². The van der Waals surface area contributed by atoms with E-state index >= 15 is 0 Å². The summed E-state index contributed by atoms with van der Waals surface area (Å²) in [4.78, 5) is 11.5. The SMILES string of the molecule is CCC[C@H](N)C(=O)NCc1nncn1CC. The topological polar surface area (TPSA) is 85.8 Å². The van der Waals surface area contributed by atoms with Gasteiger partial charge in [-0.1, -0.05) is 13.3 Å². The van der Waals surface area contributed by atoms with E-state index in [1.165, 1.54) is 0 Å². The highest BCUT2D eigenvalue weighted by atomic mass is 16.2. The maximum Gasteiger partial charge on any atom is 0.237 e. The molecule has 1 atom stereocenters. The Morgan fingerprint density at radius 2 is 2.38 bits per heavy atom. The molecule has 1 amide bonds. The lowest BCUT2D eigenvalue weighted by atomic mass is 10.2. The first kappa shape index (κ1) is 12.6. The molecule has 6 heteroatoms. The van der Waals surface area contributed by atoms with Crippen LogP contribution in [0.3, 0.4) is 0 Å². The fourth-order valence-electron chi connectivity index (χ4n) is 1.42. The maximum atomic E-state index is 11.5. The Kier molecular flexibility index (Phi) is 4.91. The molecule has 0 aliphatic heterocycles. The van der Waals surface area contributed by atoms with E-state index in [2.05, 4.69) is 15.5 Å². The van der Waals surface area contributed by atoms with Gasteiger partial charge in [-0.05, 0) is 13.3 Å². The molecule has 3 N–H and O–H groups in total. The minimum atomic E-state index is -0.428. The minimum absolute atomic E-state index is 0.132. The molecule has 0 aromatic carbocycles. The van der Waals surface area contributed by atoms with Crippen molar-refractivity contribution >= 4 is 5.91 Å². The monoisotopic (exact) mass is 225 g/mol. The zero-order chi connectivity index (χ0) is 12.0. The second-order valence-electron chi connectivity index (χ2n) is 3.65. The van der Waals surface area contributed by atoms with Crippen LogP contribution in [0.2, 0.25) is 0 Å². The van der Waals surface area contributed by atoms with E-state index in [0.29, 0.717) is 13.0 Å². The molecule has 6 nitrogen and oxygen atoms in total. The van der Waals surface area contributed by atoms with Crippen molar-refractivity contribution in [3.63, 3.8) is 0 Å². The summed E-state index contributed by atoms with van der Waals surface area (Å²) in [5.74, 6) is 0.618. The number of hydrogen-bond acceptors (Lipinski definition) is 4. The molecule has 1 aromatic heterocycles. The lowest BCUT2D eigenvalue weighted by Crippen LogP contribution is -2.40. The molecule has 0 bridgehead atoms. The predicted octanol–water partition coefficient (Wildman–Crippen LogP) is 0.0416. The molecule has 0 fully saturated rings. The number of rotatable bonds is 6. The van der Waals surface area contributed by atoms with Gasteiger partial charge >= 0.3 is 0 Å². The number of nitrogens with zero attached hydrogens (tertiary/aromatic N) is 3. The first-order valence-corrected chi connectivity index (χ1v) is 5.59. The van der Waals surface area contributed by atoms with Crippen LogP contribution in [0.1, 0.15) is 32.5 Å². The molecular weight excluding hydrogens is 206 g/mol. The summed E-state index contributed by atoms with van der Waals surface area (Å²) in [5.41, 5.74) is 5.68. The van der Waals surface area contributed by atoms with Crippen molar-refractivity contribution < 1.29 is 4.79 Å². The van der Waals surface area contributed by atoms with E-state index in [1.807, 2.05) is 18.4 Å². The Morgan fingerprint density at radius 3 is 3.00 bits per heavy atom. The second-order valence-corrected chi connectivity index (χ2v) is 3.65. The van der Waals surface area contributed by atoms with Crippen molar-refractivity contribution in [3.05, 3.63) is 12.2 Å². The van der Waals surface area contributed by atoms with Crippen molar-refractivity contribution in [2.75, 3.05) is 0 Å². The number of amides is 1. The number of carbonyl (C=O) groups excluding carboxylic acids is 1. The van der Waals surface area contributed by atoms with E-state index in [1.54, 1.807) is 6.33 Å². The number of nitrogens with one attached hydrogen (secondary N) is 1. The highest BCUT2D eigenvalue weighted by Gasteiger charge is 2.12. The van der Waals surface area contributed by atoms with E-state index in [0.717, 1.165) is 18.8 Å². The fourth-order valence-corrected chi connectivity index (χ4v) is 1.42. The standard InChI is InChI=1S/C10H19N5O/c1-3-5-8(11)10(16)12-6-9-14-13-7-15(9)4-2/h7-8H,3-6,11H2,1-2H3,(H,12,16)/t8-/m0/s1. The number of nitrogens with two attached hydrogens (primary N) is 1. The molecule has 90 valence electrons. The van der Waals surface area contributed by atoms with Gasteiger partial charge in [0.1, 0.15) is 6.33 Å². The van der Waals surface area contributed by atoms with Crippen LogP contribution in [0, 0.1) is 0 Å². The van der Waals surface area contributed by atoms with E-state index in [-0.39, 0.29) is 5.91 Å². The average Bonchev–Trinajstić information content (AvgIpc) is 2.73. The van der Waals surface area contributed by atoms with E-state index < -0.39 is 6.04 Å². The smallest absolute Gasteiger partial charge is 0.237 e. The average molecular weight is 225 g/mol. The Morgan fingerprint density at radius 1 is 1.62 bits per heavy atom. The first-order valence-electron chi connectivity index (χ1n) is 5.59. The van der Waals surface area contributed by atoms with Crippen LogP contribution in [0.15, 0.2) is 6.33 Å². The van der Waals surface area contributed by atoms with Gasteiger partial charge < -0.3 is 15.6 Å². The Bertz CT molecular complexity index is 336. The Balaban J connectivity index is 2.42. The third-order valence-electron chi connectivity index (χ3n) is 2.39. The summed E-state index contributed by atoms with van der Waals surface area (Å²) >= 11 is 0. The molecule has 0 radical (unpaired) electrons. The molecular formula is C10H19N5O. The molecule has 0 aliphatic rings. The molecule has 0 aliphatic carbocycles. The van der Waals surface area contributed by atoms with Crippen molar-refractivity contribution in [3.8, 4) is 0 Å². The van der Waals surface area contributed by atoms with Crippen LogP contribution in [0.5, 0.6) is 0 Å². The van der Waals surface area contributed by atoms with Gasteiger partial charge in [-0.15, -0.1) is 10.2 Å². The minimum Gasteiger partial charge on any atom is -0.347 e. The molecule has 1 heterocycles. The summed E-state index contributed by atoms with van der Waals surface area (Å²) in [5, 5.41) is 10.5. The van der Waals surface area contributed by atoms with Crippen LogP contribution in [-0.4, -0.2) is 26.7 Å². The summed E-state index contributed by atoms with van der Waals surface area (Å²) in [6.07, 6.45) is 3.25. The van der Waals surface area contributed by atoms with Gasteiger partial charge in [0.05, 0.1) is 12.6 Å². The van der Waals surface area contributed by atoms with Crippen molar-refractivity contribution in [1.82, 2.24) is 20.1 Å². The zero-order valence-electron chi connectivity index (χ0n) is 9.81. The van der Waals surface area contributed by atoms with Crippen LogP contribution < -0.4 is 11.1 Å². The number of aromatic nitrogens is 3. The van der Waals surface area contributed by atoms with Gasteiger partial charge in [0.2, 0.25) is 5.91 Å². The first-order chi connectivity index (χ1) is 7.69. The van der Waals surface area contributed by atoms with E-state index in [9.17, 15) is 4.79 Å². The van der Waals surface area contributed by atoms with Gasteiger partial charge in [-0.2, -0.15) is 0 Å². The van der Waals surface area contributed by atoms with Crippen LogP contribution in [-0.2, 0) is 17.9 Å². The summed E-state index contributed by atoms with van der Waals surface area (Å²) in [6.45, 7) is 5.17. The summed E-state index contributed by atoms with van der Waals surface area (Å²) in [6, 6.07) is -0.428. The predicted molar refractivity (Wildman–Crippen MR) is 60.4 cm³/mol. The molecule has 0 spiro atoms. The highest BCUT2D eigenvalue weighted by molar-refractivity contribution is 5.81. The highest BCUT2D eigenvalue weighted by Crippen LogP contribution is 1.96. The summed E-state index contributed by atoms with van der Waals surface area (Å²) in [7, 11) is 0. The van der Waals surface area contributed by atoms with Crippen molar-refractivity contribution in [2.45, 2.75) is 45.8 Å². The lowest BCUT2D eigenvalue weighted by molar-refractivity contribution is -0.122. The number of hydrogen-bond donors (Lipinski definition) is 2. The molecule has 0 saturated carbocycles. The third-order valence-corrected chi connectivity index (χ3v) is 2.39. The largest absolute Gasteiger partial charge is 0.347 e. The van der Waals surface area contributed by atoms with Crippen LogP contribution >= 0.6 is 0 Å². The Labute approximate surface area is 95.2 Å². The molecule has 1 rings (SSSR count). The molecule has 0 saturated heterocycles. The molecule has 0 unspecified atom stereocenters. The van der Waals surface area contributed by atoms with Gasteiger partial charge in [0, 0.05) is 6.54 Å². The van der Waals surface area contributed by atoms with Crippen molar-refractivity contribution in [1.29, 1.82) is 0 Å². The van der Waals surface area contributed by atoms with Crippen LogP contribution in [0.25, 0.3) is 0 Å². The number of carbonyl (C=O) groups is 1. The molecule has 16 heavy (non-hydrogen) atoms. The van der Waals surface area contributed by atoms with Crippen LogP contribution in [0.4, 0.5) is 0 Å². The maximum absolute atomic E-state index is 11.5. The van der Waals surface area contributed by atoms with E-state index in [4.69, 9.17) is 5.73 Å². The molecule has 1 aromatic rings. The fraction of sp³-hybridized carbons (Fsp3) is 0.700. The lowest BCUT2D eigenvalue weighted by Gasteiger charge is -2.10. The second kappa shape index (κ2) is 6.22. The van der Waals surface area contributed by atoms with Crippen molar-refractivity contribution in [2.24, 2.45) is 5.73 Å². The van der Waals surface area contributed by atoms with Gasteiger partial charge in [0.15, 0.2) is 5.82 Å². The number of aryl methyl sites for hydroxylation is 1. The summed E-state index contributed by atoms with van der Waals surface area (Å²) < 4.78 is 1.88. The Hall–Kier alpha value is -1.43. The zero-order valence-corrected chi connectivity index (χ0v) is 9.81. The van der Waals surface area contributed by atoms with Gasteiger partial charge in [-0.25, -0.2) is 0 Å².